The molecule has 0 aliphatic heterocycles. The fraction of sp³-hybridized carbons (Fsp3) is 0.368. The Kier molecular flexibility index (Phi) is 6.15. The predicted octanol–water partition coefficient (Wildman–Crippen LogP) is 3.87. The van der Waals surface area contributed by atoms with Gasteiger partial charge in [-0.05, 0) is 36.6 Å². The van der Waals surface area contributed by atoms with E-state index in [0.29, 0.717) is 5.69 Å². The van der Waals surface area contributed by atoms with Crippen LogP contribution in [0.1, 0.15) is 41.4 Å². The monoisotopic (exact) mass is 311 g/mol. The van der Waals surface area contributed by atoms with Gasteiger partial charge in [0.1, 0.15) is 5.69 Å². The molecular formula is C19H25N3O. The van der Waals surface area contributed by atoms with Gasteiger partial charge in [-0.2, -0.15) is 0 Å². The maximum absolute atomic E-state index is 12.4. The van der Waals surface area contributed by atoms with Crippen LogP contribution in [0, 0.1) is 6.92 Å². The minimum absolute atomic E-state index is 0.0296. The Hall–Kier alpha value is -2.36. The molecule has 1 heterocycles. The summed E-state index contributed by atoms with van der Waals surface area (Å²) in [6, 6.07) is 12.0. The number of nitrogens with one attached hydrogen (secondary N) is 1. The minimum Gasteiger partial charge on any atom is -0.381 e. The number of carbonyl (C=O) groups is 1. The van der Waals surface area contributed by atoms with Crippen molar-refractivity contribution >= 4 is 11.6 Å². The highest BCUT2D eigenvalue weighted by molar-refractivity contribution is 5.92. The lowest BCUT2D eigenvalue weighted by Crippen LogP contribution is -2.28. The van der Waals surface area contributed by atoms with E-state index in [0.717, 1.165) is 31.6 Å². The highest BCUT2D eigenvalue weighted by Crippen LogP contribution is 2.13. The van der Waals surface area contributed by atoms with E-state index >= 15 is 0 Å². The number of unbranched alkanes of at least 4 members (excludes halogenated alkanes) is 1. The molecule has 1 N–H and O–H groups in total. The number of aromatic nitrogens is 1. The summed E-state index contributed by atoms with van der Waals surface area (Å²) in [5.74, 6) is -0.0296. The van der Waals surface area contributed by atoms with Crippen molar-refractivity contribution in [3.63, 3.8) is 0 Å². The van der Waals surface area contributed by atoms with E-state index in [2.05, 4.69) is 36.3 Å². The molecule has 0 spiro atoms. The fourth-order valence-electron chi connectivity index (χ4n) is 2.36. The van der Waals surface area contributed by atoms with Crippen molar-refractivity contribution in [2.45, 2.75) is 33.2 Å². The van der Waals surface area contributed by atoms with E-state index in [1.54, 1.807) is 11.1 Å². The minimum atomic E-state index is -0.0296. The van der Waals surface area contributed by atoms with E-state index in [-0.39, 0.29) is 5.91 Å². The number of pyridine rings is 1. The van der Waals surface area contributed by atoms with E-state index in [9.17, 15) is 4.79 Å². The van der Waals surface area contributed by atoms with Crippen molar-refractivity contribution in [1.82, 2.24) is 9.88 Å². The van der Waals surface area contributed by atoms with E-state index in [1.165, 1.54) is 11.1 Å². The largest absolute Gasteiger partial charge is 0.381 e. The van der Waals surface area contributed by atoms with E-state index in [1.807, 2.05) is 31.3 Å². The summed E-state index contributed by atoms with van der Waals surface area (Å²) in [5, 5.41) is 3.37. The third-order valence-corrected chi connectivity index (χ3v) is 3.92. The number of carbonyl (C=O) groups excluding carboxylic acids is 1. The Labute approximate surface area is 138 Å². The summed E-state index contributed by atoms with van der Waals surface area (Å²) in [7, 11) is 1.83. The molecule has 122 valence electrons. The van der Waals surface area contributed by atoms with Crippen molar-refractivity contribution in [3.8, 4) is 0 Å². The van der Waals surface area contributed by atoms with Gasteiger partial charge in [0.05, 0.1) is 0 Å². The summed E-state index contributed by atoms with van der Waals surface area (Å²) in [6.07, 6.45) is 3.76. The van der Waals surface area contributed by atoms with Crippen LogP contribution in [0.3, 0.4) is 0 Å². The molecule has 23 heavy (non-hydrogen) atoms. The first-order valence-electron chi connectivity index (χ1n) is 8.11. The predicted molar refractivity (Wildman–Crippen MR) is 94.6 cm³/mol. The smallest absolute Gasteiger partial charge is 0.272 e. The SMILES string of the molecule is CCCCN(C)C(=O)c1cc(NCc2ccccc2C)ccn1. The number of hydrogen-bond donors (Lipinski definition) is 1. The number of benzene rings is 1. The van der Waals surface area contributed by atoms with Crippen LogP contribution in [0.15, 0.2) is 42.6 Å². The molecule has 0 aliphatic rings. The summed E-state index contributed by atoms with van der Waals surface area (Å²) < 4.78 is 0. The average Bonchev–Trinajstić information content (AvgIpc) is 2.58. The third kappa shape index (κ3) is 4.81. The first-order valence-corrected chi connectivity index (χ1v) is 8.11. The molecule has 4 heteroatoms. The number of anilines is 1. The van der Waals surface area contributed by atoms with Gasteiger partial charge in [0, 0.05) is 32.0 Å². The molecule has 2 rings (SSSR count). The number of rotatable bonds is 7. The highest BCUT2D eigenvalue weighted by Gasteiger charge is 2.13. The number of nitrogens with zero attached hydrogens (tertiary/aromatic N) is 2. The zero-order valence-electron chi connectivity index (χ0n) is 14.2. The van der Waals surface area contributed by atoms with Crippen LogP contribution >= 0.6 is 0 Å². The topological polar surface area (TPSA) is 45.2 Å². The maximum Gasteiger partial charge on any atom is 0.272 e. The molecule has 0 aliphatic carbocycles. The first kappa shape index (κ1) is 17.0. The molecule has 0 fully saturated rings. The van der Waals surface area contributed by atoms with Crippen LogP contribution in [0.25, 0.3) is 0 Å². The molecule has 0 bridgehead atoms. The molecule has 0 unspecified atom stereocenters. The fourth-order valence-corrected chi connectivity index (χ4v) is 2.36. The normalized spacial score (nSPS) is 10.4. The second-order valence-corrected chi connectivity index (χ2v) is 5.79. The van der Waals surface area contributed by atoms with Gasteiger partial charge in [0.15, 0.2) is 0 Å². The summed E-state index contributed by atoms with van der Waals surface area (Å²) >= 11 is 0. The number of amides is 1. The van der Waals surface area contributed by atoms with Crippen molar-refractivity contribution in [3.05, 3.63) is 59.4 Å². The highest BCUT2D eigenvalue weighted by atomic mass is 16.2. The van der Waals surface area contributed by atoms with Crippen molar-refractivity contribution < 1.29 is 4.79 Å². The number of aryl methyl sites for hydroxylation is 1. The second kappa shape index (κ2) is 8.32. The lowest BCUT2D eigenvalue weighted by atomic mass is 10.1. The molecule has 1 aromatic carbocycles. The van der Waals surface area contributed by atoms with E-state index in [4.69, 9.17) is 0 Å². The van der Waals surface area contributed by atoms with Crippen LogP contribution in [0.5, 0.6) is 0 Å². The Morgan fingerprint density at radius 3 is 2.78 bits per heavy atom. The van der Waals surface area contributed by atoms with Gasteiger partial charge in [-0.25, -0.2) is 0 Å². The number of hydrogen-bond acceptors (Lipinski definition) is 3. The van der Waals surface area contributed by atoms with Gasteiger partial charge >= 0.3 is 0 Å². The van der Waals surface area contributed by atoms with Crippen LogP contribution < -0.4 is 5.32 Å². The summed E-state index contributed by atoms with van der Waals surface area (Å²) in [6.45, 7) is 5.71. The molecule has 0 saturated heterocycles. The molecule has 4 nitrogen and oxygen atoms in total. The molecule has 1 amide bonds. The molecule has 1 aromatic heterocycles. The average molecular weight is 311 g/mol. The third-order valence-electron chi connectivity index (χ3n) is 3.92. The van der Waals surface area contributed by atoms with Gasteiger partial charge in [-0.15, -0.1) is 0 Å². The van der Waals surface area contributed by atoms with Crippen molar-refractivity contribution in [1.29, 1.82) is 0 Å². The summed E-state index contributed by atoms with van der Waals surface area (Å²) in [4.78, 5) is 18.3. The van der Waals surface area contributed by atoms with Crippen LogP contribution in [0.4, 0.5) is 5.69 Å². The second-order valence-electron chi connectivity index (χ2n) is 5.79. The molecular weight excluding hydrogens is 286 g/mol. The van der Waals surface area contributed by atoms with Gasteiger partial charge in [-0.3, -0.25) is 9.78 Å². The quantitative estimate of drug-likeness (QED) is 0.844. The Bertz CT molecular complexity index is 655. The first-order chi connectivity index (χ1) is 11.1. The zero-order chi connectivity index (χ0) is 16.7. The lowest BCUT2D eigenvalue weighted by Gasteiger charge is -2.16. The van der Waals surface area contributed by atoms with Crippen LogP contribution in [0.2, 0.25) is 0 Å². The summed E-state index contributed by atoms with van der Waals surface area (Å²) in [5.41, 5.74) is 3.90. The van der Waals surface area contributed by atoms with Gasteiger partial charge < -0.3 is 10.2 Å². The molecule has 0 saturated carbocycles. The van der Waals surface area contributed by atoms with Crippen molar-refractivity contribution in [2.75, 3.05) is 18.9 Å². The van der Waals surface area contributed by atoms with Crippen molar-refractivity contribution in [2.24, 2.45) is 0 Å². The van der Waals surface area contributed by atoms with Gasteiger partial charge in [0.2, 0.25) is 0 Å². The standard InChI is InChI=1S/C19H25N3O/c1-4-5-12-22(3)19(23)18-13-17(10-11-20-18)21-14-16-9-7-6-8-15(16)2/h6-11,13H,4-5,12,14H2,1-3H3,(H,20,21). The molecule has 0 atom stereocenters. The van der Waals surface area contributed by atoms with Crippen LogP contribution in [-0.4, -0.2) is 29.4 Å². The van der Waals surface area contributed by atoms with Crippen LogP contribution in [-0.2, 0) is 6.54 Å². The Morgan fingerprint density at radius 1 is 1.26 bits per heavy atom. The lowest BCUT2D eigenvalue weighted by molar-refractivity contribution is 0.0787. The zero-order valence-corrected chi connectivity index (χ0v) is 14.2. The Balaban J connectivity index is 2.02. The molecule has 0 radical (unpaired) electrons. The van der Waals surface area contributed by atoms with E-state index < -0.39 is 0 Å². The maximum atomic E-state index is 12.4. The molecule has 2 aromatic rings. The van der Waals surface area contributed by atoms with Gasteiger partial charge in [0.25, 0.3) is 5.91 Å². The van der Waals surface area contributed by atoms with Gasteiger partial charge in [-0.1, -0.05) is 37.6 Å². The Morgan fingerprint density at radius 2 is 2.04 bits per heavy atom.